The molecule has 21 heavy (non-hydrogen) atoms. The molecule has 4 fully saturated rings. The first-order valence-corrected chi connectivity index (χ1v) is 8.33. The Balaban J connectivity index is 1.64. The van der Waals surface area contributed by atoms with Crippen molar-refractivity contribution in [1.29, 1.82) is 0 Å². The smallest absolute Gasteiger partial charge is 0.319 e. The van der Waals surface area contributed by atoms with Gasteiger partial charge in [-0.2, -0.15) is 0 Å². The van der Waals surface area contributed by atoms with Crippen molar-refractivity contribution in [3.05, 3.63) is 0 Å². The number of primary amides is 1. The summed E-state index contributed by atoms with van der Waals surface area (Å²) in [5, 5.41) is 4.33. The number of hydrogen-bond acceptors (Lipinski definition) is 2. The zero-order valence-corrected chi connectivity index (χ0v) is 13.1. The molecule has 0 aromatic carbocycles. The van der Waals surface area contributed by atoms with Crippen LogP contribution in [0.5, 0.6) is 0 Å². The highest BCUT2D eigenvalue weighted by atomic mass is 16.2. The molecule has 0 saturated heterocycles. The van der Waals surface area contributed by atoms with Crippen LogP contribution in [0.1, 0.15) is 52.4 Å². The molecule has 4 aliphatic carbocycles. The summed E-state index contributed by atoms with van der Waals surface area (Å²) in [6, 6.07) is -0.595. The van der Waals surface area contributed by atoms with Gasteiger partial charge in [0.2, 0.25) is 0 Å². The minimum Gasteiger partial charge on any atom is -0.351 e. The second-order valence-corrected chi connectivity index (χ2v) is 7.90. The molecule has 5 heteroatoms. The molecule has 3 amide bonds. The first-order valence-electron chi connectivity index (χ1n) is 8.33. The van der Waals surface area contributed by atoms with Crippen molar-refractivity contribution in [3.63, 3.8) is 0 Å². The number of hydrogen-bond donors (Lipinski definition) is 3. The minimum atomic E-state index is -0.761. The van der Waals surface area contributed by atoms with Crippen LogP contribution in [0.3, 0.4) is 0 Å². The van der Waals surface area contributed by atoms with Gasteiger partial charge in [-0.3, -0.25) is 10.1 Å². The molecule has 0 heterocycles. The summed E-state index contributed by atoms with van der Waals surface area (Å²) < 4.78 is 0. The van der Waals surface area contributed by atoms with Crippen LogP contribution in [-0.2, 0) is 4.79 Å². The largest absolute Gasteiger partial charge is 0.351 e. The van der Waals surface area contributed by atoms with Crippen LogP contribution in [0, 0.1) is 23.2 Å². The van der Waals surface area contributed by atoms with E-state index in [9.17, 15) is 9.59 Å². The summed E-state index contributed by atoms with van der Waals surface area (Å²) >= 11 is 0. The fourth-order valence-corrected chi connectivity index (χ4v) is 5.70. The molecule has 0 aliphatic heterocycles. The Morgan fingerprint density at radius 1 is 1.10 bits per heavy atom. The minimum absolute atomic E-state index is 0.263. The maximum absolute atomic E-state index is 11.9. The molecule has 5 nitrogen and oxygen atoms in total. The average molecular weight is 294 g/mol. The highest BCUT2D eigenvalue weighted by Gasteiger charge is 2.54. The van der Waals surface area contributed by atoms with E-state index in [4.69, 9.17) is 5.73 Å². The van der Waals surface area contributed by atoms with Gasteiger partial charge in [-0.05, 0) is 70.1 Å². The summed E-state index contributed by atoms with van der Waals surface area (Å²) in [5.74, 6) is 2.48. The Labute approximate surface area is 126 Å². The molecule has 0 aromatic heterocycles. The third-order valence-electron chi connectivity index (χ3n) is 6.29. The number of amides is 3. The monoisotopic (exact) mass is 294 g/mol. The van der Waals surface area contributed by atoms with Gasteiger partial charge >= 0.3 is 6.03 Å². The molecule has 0 spiro atoms. The van der Waals surface area contributed by atoms with Crippen LogP contribution in [0.2, 0.25) is 0 Å². The van der Waals surface area contributed by atoms with Crippen molar-refractivity contribution in [2.75, 3.05) is 0 Å². The van der Waals surface area contributed by atoms with Gasteiger partial charge < -0.3 is 11.1 Å². The van der Waals surface area contributed by atoms with Gasteiger partial charge in [0, 0.05) is 5.41 Å². The van der Waals surface area contributed by atoms with Crippen LogP contribution in [0.4, 0.5) is 4.79 Å². The van der Waals surface area contributed by atoms with E-state index in [1.54, 1.807) is 0 Å². The van der Waals surface area contributed by atoms with Crippen molar-refractivity contribution < 1.29 is 14.9 Å². The second kappa shape index (κ2) is 5.27. The van der Waals surface area contributed by atoms with Crippen molar-refractivity contribution >= 4 is 11.9 Å². The zero-order chi connectivity index (χ0) is 15.2. The van der Waals surface area contributed by atoms with Crippen LogP contribution in [-0.4, -0.2) is 24.0 Å². The topological polar surface area (TPSA) is 88.8 Å². The van der Waals surface area contributed by atoms with Crippen LogP contribution in [0.15, 0.2) is 0 Å². The van der Waals surface area contributed by atoms with Gasteiger partial charge in [0.15, 0.2) is 6.04 Å². The third kappa shape index (κ3) is 2.80. The standard InChI is InChI=1S/C16H27N3O2/c1-9(14(20)19-15(17)21)18-10(2)16-6-11-3-12(7-16)5-13(4-11)8-16/h9-13,18H,3-8H2,1-2H3,(H3,17,19,20,21)/p+1/t9-,10+,11?,12?,13?,16?/m0/s1. The highest BCUT2D eigenvalue weighted by molar-refractivity contribution is 5.95. The Bertz CT molecular complexity index is 414. The first-order chi connectivity index (χ1) is 9.88. The maximum Gasteiger partial charge on any atom is 0.319 e. The number of imide groups is 1. The lowest BCUT2D eigenvalue weighted by Gasteiger charge is -2.58. The number of nitrogens with one attached hydrogen (secondary N) is 1. The van der Waals surface area contributed by atoms with Gasteiger partial charge in [0.1, 0.15) is 0 Å². The van der Waals surface area contributed by atoms with E-state index < -0.39 is 6.03 Å². The number of nitrogens with two attached hydrogens (primary N) is 2. The molecule has 4 rings (SSSR count). The number of quaternary nitrogens is 1. The summed E-state index contributed by atoms with van der Waals surface area (Å²) in [5.41, 5.74) is 5.44. The SMILES string of the molecule is C[C@H]([NH2+][C@H](C)C12CC3CC(CC(C3)C1)C2)C(=O)NC(N)=O. The first kappa shape index (κ1) is 14.8. The lowest BCUT2D eigenvalue weighted by atomic mass is 9.48. The van der Waals surface area contributed by atoms with Crippen molar-refractivity contribution in [2.45, 2.75) is 64.5 Å². The molecular weight excluding hydrogens is 266 g/mol. The zero-order valence-electron chi connectivity index (χ0n) is 13.1. The van der Waals surface area contributed by atoms with Gasteiger partial charge in [-0.25, -0.2) is 4.79 Å². The second-order valence-electron chi connectivity index (χ2n) is 7.90. The Morgan fingerprint density at radius 2 is 1.57 bits per heavy atom. The molecule has 4 saturated carbocycles. The fourth-order valence-electron chi connectivity index (χ4n) is 5.70. The van der Waals surface area contributed by atoms with E-state index in [0.29, 0.717) is 11.5 Å². The van der Waals surface area contributed by atoms with Crippen molar-refractivity contribution in [1.82, 2.24) is 5.32 Å². The van der Waals surface area contributed by atoms with Gasteiger partial charge in [0.25, 0.3) is 5.91 Å². The van der Waals surface area contributed by atoms with Crippen molar-refractivity contribution in [3.8, 4) is 0 Å². The number of carbonyl (C=O) groups is 2. The fraction of sp³-hybridized carbons (Fsp3) is 0.875. The molecule has 0 radical (unpaired) electrons. The van der Waals surface area contributed by atoms with E-state index in [1.165, 1.54) is 38.5 Å². The summed E-state index contributed by atoms with van der Waals surface area (Å²) in [6.07, 6.45) is 8.31. The molecule has 5 N–H and O–H groups in total. The van der Waals surface area contributed by atoms with Crippen LogP contribution >= 0.6 is 0 Å². The quantitative estimate of drug-likeness (QED) is 0.714. The highest BCUT2D eigenvalue weighted by Crippen LogP contribution is 2.60. The molecule has 118 valence electrons. The predicted octanol–water partition coefficient (Wildman–Crippen LogP) is 0.738. The van der Waals surface area contributed by atoms with Gasteiger partial charge in [-0.1, -0.05) is 0 Å². The number of rotatable bonds is 4. The molecule has 4 aliphatic rings. The van der Waals surface area contributed by atoms with Gasteiger partial charge in [-0.15, -0.1) is 0 Å². The van der Waals surface area contributed by atoms with Crippen molar-refractivity contribution in [2.24, 2.45) is 28.9 Å². The normalized spacial score (nSPS) is 39.8. The number of urea groups is 1. The summed E-state index contributed by atoms with van der Waals surface area (Å²) in [4.78, 5) is 22.7. The van der Waals surface area contributed by atoms with Crippen LogP contribution in [0.25, 0.3) is 0 Å². The lowest BCUT2D eigenvalue weighted by Crippen LogP contribution is -2.98. The van der Waals surface area contributed by atoms with E-state index in [1.807, 2.05) is 6.92 Å². The van der Waals surface area contributed by atoms with E-state index in [2.05, 4.69) is 17.6 Å². The number of carbonyl (C=O) groups excluding carboxylic acids is 2. The van der Waals surface area contributed by atoms with Crippen LogP contribution < -0.4 is 16.4 Å². The van der Waals surface area contributed by atoms with E-state index in [0.717, 1.165) is 17.8 Å². The Kier molecular flexibility index (Phi) is 3.72. The average Bonchev–Trinajstić information content (AvgIpc) is 2.35. The lowest BCUT2D eigenvalue weighted by molar-refractivity contribution is -0.719. The Hall–Kier alpha value is -1.10. The molecule has 2 atom stereocenters. The summed E-state index contributed by atoms with van der Waals surface area (Å²) in [7, 11) is 0. The predicted molar refractivity (Wildman–Crippen MR) is 79.2 cm³/mol. The third-order valence-corrected chi connectivity index (χ3v) is 6.29. The maximum atomic E-state index is 11.9. The Morgan fingerprint density at radius 3 is 2.00 bits per heavy atom. The van der Waals surface area contributed by atoms with Gasteiger partial charge in [0.05, 0.1) is 6.04 Å². The molecule has 4 bridgehead atoms. The molecular formula is C16H28N3O2+. The molecule has 0 aromatic rings. The summed E-state index contributed by atoms with van der Waals surface area (Å²) in [6.45, 7) is 4.12. The molecule has 0 unspecified atom stereocenters. The van der Waals surface area contributed by atoms with E-state index >= 15 is 0 Å². The van der Waals surface area contributed by atoms with E-state index in [-0.39, 0.29) is 11.9 Å².